The van der Waals surface area contributed by atoms with Crippen molar-refractivity contribution in [1.29, 1.82) is 0 Å². The molecule has 1 aromatic carbocycles. The summed E-state index contributed by atoms with van der Waals surface area (Å²) in [6.45, 7) is 0. The molecule has 0 radical (unpaired) electrons. The average molecular weight is 123 g/mol. The van der Waals surface area contributed by atoms with Gasteiger partial charge in [-0.2, -0.15) is 0 Å². The van der Waals surface area contributed by atoms with Crippen LogP contribution in [-0.4, -0.2) is 5.91 Å². The smallest absolute Gasteiger partial charge is 0.248 e. The Labute approximate surface area is 56.1 Å². The number of carbonyl (C=O) groups excluding carboxylic acids is 1. The van der Waals surface area contributed by atoms with Crippen molar-refractivity contribution in [3.63, 3.8) is 0 Å². The van der Waals surface area contributed by atoms with Crippen LogP contribution in [0.15, 0.2) is 30.3 Å². The molecule has 2 N–H and O–H groups in total. The molecule has 0 spiro atoms. The van der Waals surface area contributed by atoms with Crippen LogP contribution in [0.5, 0.6) is 0 Å². The van der Waals surface area contributed by atoms with Gasteiger partial charge in [-0.1, -0.05) is 18.2 Å². The number of benzene rings is 1. The number of rotatable bonds is 1. The van der Waals surface area contributed by atoms with E-state index in [1.807, 2.05) is 0 Å². The SMILES string of the molecule is [2H]c1cccc([2H])c1C(N)=O. The van der Waals surface area contributed by atoms with Crippen molar-refractivity contribution in [3.8, 4) is 0 Å². The van der Waals surface area contributed by atoms with Crippen LogP contribution >= 0.6 is 0 Å². The molecule has 0 saturated carbocycles. The van der Waals surface area contributed by atoms with E-state index in [2.05, 4.69) is 0 Å². The standard InChI is InChI=1S/C7H7NO/c8-7(9)6-4-2-1-3-5-6/h1-5H,(H2,8,9)/i4D,5D. The third kappa shape index (κ3) is 1.29. The molecule has 0 atom stereocenters. The summed E-state index contributed by atoms with van der Waals surface area (Å²) >= 11 is 0. The van der Waals surface area contributed by atoms with Gasteiger partial charge in [0.05, 0.1) is 2.74 Å². The van der Waals surface area contributed by atoms with Crippen molar-refractivity contribution in [2.24, 2.45) is 5.73 Å². The van der Waals surface area contributed by atoms with Gasteiger partial charge in [0.1, 0.15) is 0 Å². The van der Waals surface area contributed by atoms with Crippen molar-refractivity contribution in [1.82, 2.24) is 0 Å². The fraction of sp³-hybridized carbons (Fsp3) is 0. The van der Waals surface area contributed by atoms with E-state index in [1.165, 1.54) is 18.2 Å². The van der Waals surface area contributed by atoms with Crippen LogP contribution in [0.3, 0.4) is 0 Å². The molecule has 0 aliphatic heterocycles. The molecule has 0 saturated heterocycles. The number of hydrogen-bond acceptors (Lipinski definition) is 1. The molecule has 0 heterocycles. The van der Waals surface area contributed by atoms with Crippen molar-refractivity contribution in [2.45, 2.75) is 0 Å². The molecular formula is C7H7NO. The first kappa shape index (κ1) is 3.67. The minimum atomic E-state index is -0.722. The molecule has 2 nitrogen and oxygen atoms in total. The van der Waals surface area contributed by atoms with E-state index < -0.39 is 5.91 Å². The molecule has 0 fully saturated rings. The Kier molecular flexibility index (Phi) is 0.939. The largest absolute Gasteiger partial charge is 0.366 e. The third-order valence-corrected chi connectivity index (χ3v) is 0.894. The Morgan fingerprint density at radius 1 is 1.44 bits per heavy atom. The number of nitrogens with two attached hydrogens (primary N) is 1. The van der Waals surface area contributed by atoms with E-state index in [-0.39, 0.29) is 17.6 Å². The molecule has 46 valence electrons. The molecule has 2 heteroatoms. The Morgan fingerprint density at radius 2 is 2.00 bits per heavy atom. The highest BCUT2D eigenvalue weighted by Gasteiger charge is 1.93. The number of hydrogen-bond donors (Lipinski definition) is 1. The van der Waals surface area contributed by atoms with E-state index in [0.29, 0.717) is 0 Å². The molecule has 1 rings (SSSR count). The Bertz CT molecular complexity index is 278. The van der Waals surface area contributed by atoms with Crippen molar-refractivity contribution >= 4 is 5.91 Å². The summed E-state index contributed by atoms with van der Waals surface area (Å²) in [5.74, 6) is -0.722. The summed E-state index contributed by atoms with van der Waals surface area (Å²) in [6, 6.07) is 4.41. The van der Waals surface area contributed by atoms with Gasteiger partial charge in [0.2, 0.25) is 5.91 Å². The zero-order valence-corrected chi connectivity index (χ0v) is 4.72. The summed E-state index contributed by atoms with van der Waals surface area (Å²) in [5.41, 5.74) is 4.92. The number of amides is 1. The molecule has 9 heavy (non-hydrogen) atoms. The maximum atomic E-state index is 10.6. The van der Waals surface area contributed by atoms with Crippen LogP contribution in [0.1, 0.15) is 13.1 Å². The Hall–Kier alpha value is -1.31. The minimum absolute atomic E-state index is 0.00463. The van der Waals surface area contributed by atoms with Gasteiger partial charge in [0, 0.05) is 5.56 Å². The summed E-state index contributed by atoms with van der Waals surface area (Å²) in [6.07, 6.45) is 0. The Balaban J connectivity index is 3.32. The first-order valence-electron chi connectivity index (χ1n) is 3.49. The quantitative estimate of drug-likeness (QED) is 0.589. The molecule has 0 aliphatic carbocycles. The second-order valence-corrected chi connectivity index (χ2v) is 1.55. The van der Waals surface area contributed by atoms with E-state index in [9.17, 15) is 4.79 Å². The molecule has 1 aromatic rings. The molecule has 0 unspecified atom stereocenters. The second-order valence-electron chi connectivity index (χ2n) is 1.55. The lowest BCUT2D eigenvalue weighted by molar-refractivity contribution is 0.100. The van der Waals surface area contributed by atoms with Crippen LogP contribution in [0, 0.1) is 0 Å². The number of carbonyl (C=O) groups is 1. The highest BCUT2D eigenvalue weighted by molar-refractivity contribution is 5.92. The topological polar surface area (TPSA) is 43.1 Å². The zero-order valence-electron chi connectivity index (χ0n) is 6.72. The Morgan fingerprint density at radius 3 is 2.33 bits per heavy atom. The predicted molar refractivity (Wildman–Crippen MR) is 35.0 cm³/mol. The van der Waals surface area contributed by atoms with E-state index in [4.69, 9.17) is 8.48 Å². The van der Waals surface area contributed by atoms with Gasteiger partial charge in [-0.3, -0.25) is 4.79 Å². The lowest BCUT2D eigenvalue weighted by atomic mass is 10.2. The lowest BCUT2D eigenvalue weighted by Gasteiger charge is -1.89. The molecule has 0 aliphatic rings. The van der Waals surface area contributed by atoms with Gasteiger partial charge < -0.3 is 5.73 Å². The summed E-state index contributed by atoms with van der Waals surface area (Å²) in [5, 5.41) is 0. The van der Waals surface area contributed by atoms with Crippen LogP contribution in [0.4, 0.5) is 0 Å². The van der Waals surface area contributed by atoms with Gasteiger partial charge in [0.15, 0.2) is 0 Å². The third-order valence-electron chi connectivity index (χ3n) is 0.894. The van der Waals surface area contributed by atoms with Crippen LogP contribution < -0.4 is 5.73 Å². The zero-order chi connectivity index (χ0) is 8.43. The average Bonchev–Trinajstić information content (AvgIpc) is 1.85. The maximum absolute atomic E-state index is 10.6. The van der Waals surface area contributed by atoms with E-state index in [1.54, 1.807) is 0 Å². The first-order chi connectivity index (χ1) is 5.13. The van der Waals surface area contributed by atoms with Gasteiger partial charge >= 0.3 is 0 Å². The van der Waals surface area contributed by atoms with Crippen molar-refractivity contribution in [2.75, 3.05) is 0 Å². The highest BCUT2D eigenvalue weighted by Crippen LogP contribution is 1.94. The van der Waals surface area contributed by atoms with Gasteiger partial charge in [-0.25, -0.2) is 0 Å². The summed E-state index contributed by atoms with van der Waals surface area (Å²) < 4.78 is 14.4. The first-order valence-corrected chi connectivity index (χ1v) is 2.49. The van der Waals surface area contributed by atoms with Crippen molar-refractivity contribution < 1.29 is 7.54 Å². The highest BCUT2D eigenvalue weighted by atomic mass is 16.1. The predicted octanol–water partition coefficient (Wildman–Crippen LogP) is 0.786. The minimum Gasteiger partial charge on any atom is -0.366 e. The summed E-state index contributed by atoms with van der Waals surface area (Å²) in [4.78, 5) is 10.6. The van der Waals surface area contributed by atoms with Crippen molar-refractivity contribution in [3.05, 3.63) is 35.8 Å². The van der Waals surface area contributed by atoms with Crippen LogP contribution in [-0.2, 0) is 0 Å². The van der Waals surface area contributed by atoms with Gasteiger partial charge in [-0.05, 0) is 12.1 Å². The molecule has 0 aromatic heterocycles. The van der Waals surface area contributed by atoms with Crippen LogP contribution in [0.2, 0.25) is 0 Å². The van der Waals surface area contributed by atoms with Gasteiger partial charge in [-0.15, -0.1) is 0 Å². The molecule has 1 amide bonds. The fourth-order valence-electron chi connectivity index (χ4n) is 0.495. The fourth-order valence-corrected chi connectivity index (χ4v) is 0.495. The summed E-state index contributed by atoms with van der Waals surface area (Å²) in [7, 11) is 0. The second kappa shape index (κ2) is 2.31. The maximum Gasteiger partial charge on any atom is 0.248 e. The van der Waals surface area contributed by atoms with Crippen LogP contribution in [0.25, 0.3) is 0 Å². The monoisotopic (exact) mass is 123 g/mol. The molecule has 0 bridgehead atoms. The van der Waals surface area contributed by atoms with Gasteiger partial charge in [0.25, 0.3) is 0 Å². The van der Waals surface area contributed by atoms with E-state index in [0.717, 1.165) is 0 Å². The lowest BCUT2D eigenvalue weighted by Crippen LogP contribution is -2.09. The van der Waals surface area contributed by atoms with E-state index >= 15 is 0 Å². The number of primary amides is 1. The molecular weight excluding hydrogens is 114 g/mol. The normalized spacial score (nSPS) is 12.0.